The third-order valence-corrected chi connectivity index (χ3v) is 3.88. The Kier molecular flexibility index (Phi) is 4.24. The molecule has 1 aromatic carbocycles. The zero-order valence-electron chi connectivity index (χ0n) is 13.7. The number of rotatable bonds is 3. The van der Waals surface area contributed by atoms with Crippen LogP contribution in [0.4, 0.5) is 13.2 Å². The van der Waals surface area contributed by atoms with Crippen LogP contribution in [0.15, 0.2) is 48.8 Å². The van der Waals surface area contributed by atoms with Crippen molar-refractivity contribution in [1.29, 1.82) is 0 Å². The number of pyridine rings is 1. The van der Waals surface area contributed by atoms with Crippen molar-refractivity contribution in [3.05, 3.63) is 71.2 Å². The molecule has 0 aliphatic heterocycles. The van der Waals surface area contributed by atoms with E-state index < -0.39 is 11.7 Å². The quantitative estimate of drug-likeness (QED) is 0.720. The SMILES string of the molecule is Cc1ccn2cc(C(=O)N(C)Cc3ccc(C(F)(F)F)cc3)nc2c1. The van der Waals surface area contributed by atoms with Gasteiger partial charge in [0, 0.05) is 26.0 Å². The average molecular weight is 347 g/mol. The predicted molar refractivity (Wildman–Crippen MR) is 87.2 cm³/mol. The predicted octanol–water partition coefficient (Wildman–Crippen LogP) is 3.93. The van der Waals surface area contributed by atoms with Crippen LogP contribution in [0.2, 0.25) is 0 Å². The highest BCUT2D eigenvalue weighted by molar-refractivity contribution is 5.92. The van der Waals surface area contributed by atoms with Gasteiger partial charge in [-0.1, -0.05) is 12.1 Å². The van der Waals surface area contributed by atoms with Crippen LogP contribution < -0.4 is 0 Å². The molecule has 0 fully saturated rings. The molecule has 0 saturated heterocycles. The van der Waals surface area contributed by atoms with Gasteiger partial charge in [-0.25, -0.2) is 4.98 Å². The highest BCUT2D eigenvalue weighted by Gasteiger charge is 2.30. The summed E-state index contributed by atoms with van der Waals surface area (Å²) in [5.74, 6) is -0.291. The number of carbonyl (C=O) groups excluding carboxylic acids is 1. The number of imidazole rings is 1. The maximum atomic E-state index is 12.6. The van der Waals surface area contributed by atoms with Crippen LogP contribution in [0, 0.1) is 6.92 Å². The number of amides is 1. The van der Waals surface area contributed by atoms with Gasteiger partial charge < -0.3 is 9.30 Å². The van der Waals surface area contributed by atoms with E-state index in [1.165, 1.54) is 17.0 Å². The van der Waals surface area contributed by atoms with E-state index in [1.54, 1.807) is 17.6 Å². The van der Waals surface area contributed by atoms with Crippen molar-refractivity contribution in [2.75, 3.05) is 7.05 Å². The molecule has 0 unspecified atom stereocenters. The van der Waals surface area contributed by atoms with Crippen molar-refractivity contribution in [3.8, 4) is 0 Å². The summed E-state index contributed by atoms with van der Waals surface area (Å²) in [5.41, 5.74) is 1.91. The van der Waals surface area contributed by atoms with Crippen molar-refractivity contribution in [3.63, 3.8) is 0 Å². The van der Waals surface area contributed by atoms with Crippen molar-refractivity contribution in [1.82, 2.24) is 14.3 Å². The number of halogens is 3. The standard InChI is InChI=1S/C18H16F3N3O/c1-12-7-8-24-11-15(22-16(24)9-12)17(25)23(2)10-13-3-5-14(6-4-13)18(19,20)21/h3-9,11H,10H2,1-2H3. The molecular formula is C18H16F3N3O. The Morgan fingerprint density at radius 1 is 1.20 bits per heavy atom. The Hall–Kier alpha value is -2.83. The number of carbonyl (C=O) groups is 1. The van der Waals surface area contributed by atoms with Crippen LogP contribution in [0.25, 0.3) is 5.65 Å². The maximum Gasteiger partial charge on any atom is 0.416 e. The van der Waals surface area contributed by atoms with Crippen LogP contribution in [0.3, 0.4) is 0 Å². The lowest BCUT2D eigenvalue weighted by atomic mass is 10.1. The van der Waals surface area contributed by atoms with E-state index in [4.69, 9.17) is 0 Å². The monoisotopic (exact) mass is 347 g/mol. The van der Waals surface area contributed by atoms with Crippen molar-refractivity contribution < 1.29 is 18.0 Å². The summed E-state index contributed by atoms with van der Waals surface area (Å²) in [7, 11) is 1.59. The third-order valence-electron chi connectivity index (χ3n) is 3.88. The van der Waals surface area contributed by atoms with Gasteiger partial charge in [-0.2, -0.15) is 13.2 Å². The summed E-state index contributed by atoms with van der Waals surface area (Å²) < 4.78 is 39.5. The first kappa shape index (κ1) is 17.0. The fraction of sp³-hybridized carbons (Fsp3) is 0.222. The highest BCUT2D eigenvalue weighted by Crippen LogP contribution is 2.29. The Morgan fingerprint density at radius 2 is 1.88 bits per heavy atom. The smallest absolute Gasteiger partial charge is 0.336 e. The Balaban J connectivity index is 1.75. The molecule has 0 bridgehead atoms. The van der Waals surface area contributed by atoms with Gasteiger partial charge in [-0.15, -0.1) is 0 Å². The second kappa shape index (κ2) is 6.23. The van der Waals surface area contributed by atoms with Crippen molar-refractivity contribution in [2.24, 2.45) is 0 Å². The molecule has 3 aromatic rings. The van der Waals surface area contributed by atoms with Gasteiger partial charge >= 0.3 is 6.18 Å². The van der Waals surface area contributed by atoms with Gasteiger partial charge in [0.05, 0.1) is 5.56 Å². The molecule has 0 N–H and O–H groups in total. The van der Waals surface area contributed by atoms with Crippen LogP contribution in [0.1, 0.15) is 27.2 Å². The van der Waals surface area contributed by atoms with E-state index in [0.717, 1.165) is 17.7 Å². The summed E-state index contributed by atoms with van der Waals surface area (Å²) in [6, 6.07) is 8.56. The summed E-state index contributed by atoms with van der Waals surface area (Å²) in [5, 5.41) is 0. The number of alkyl halides is 3. The van der Waals surface area contributed by atoms with Gasteiger partial charge in [0.25, 0.3) is 5.91 Å². The zero-order chi connectivity index (χ0) is 18.2. The lowest BCUT2D eigenvalue weighted by molar-refractivity contribution is -0.137. The molecule has 4 nitrogen and oxygen atoms in total. The Bertz CT molecular complexity index is 913. The first-order valence-corrected chi connectivity index (χ1v) is 7.61. The molecule has 2 aromatic heterocycles. The van der Waals surface area contributed by atoms with Crippen LogP contribution in [0.5, 0.6) is 0 Å². The van der Waals surface area contributed by atoms with E-state index in [-0.39, 0.29) is 12.5 Å². The highest BCUT2D eigenvalue weighted by atomic mass is 19.4. The minimum absolute atomic E-state index is 0.198. The van der Waals surface area contributed by atoms with Gasteiger partial charge in [-0.3, -0.25) is 4.79 Å². The van der Waals surface area contributed by atoms with Gasteiger partial charge in [0.2, 0.25) is 0 Å². The fourth-order valence-corrected chi connectivity index (χ4v) is 2.53. The molecule has 0 radical (unpaired) electrons. The lowest BCUT2D eigenvalue weighted by Gasteiger charge is -2.16. The number of aromatic nitrogens is 2. The fourth-order valence-electron chi connectivity index (χ4n) is 2.53. The molecule has 2 heterocycles. The number of benzene rings is 1. The van der Waals surface area contributed by atoms with Crippen LogP contribution >= 0.6 is 0 Å². The molecule has 3 rings (SSSR count). The topological polar surface area (TPSA) is 37.6 Å². The molecule has 0 aliphatic rings. The lowest BCUT2D eigenvalue weighted by Crippen LogP contribution is -2.26. The summed E-state index contributed by atoms with van der Waals surface area (Å²) in [6.45, 7) is 2.14. The molecular weight excluding hydrogens is 331 g/mol. The second-order valence-corrected chi connectivity index (χ2v) is 5.95. The molecule has 0 spiro atoms. The first-order valence-electron chi connectivity index (χ1n) is 7.61. The normalized spacial score (nSPS) is 11.7. The average Bonchev–Trinajstić information content (AvgIpc) is 2.96. The van der Waals surface area contributed by atoms with Gasteiger partial charge in [0.15, 0.2) is 0 Å². The summed E-state index contributed by atoms with van der Waals surface area (Å²) in [4.78, 5) is 18.2. The summed E-state index contributed by atoms with van der Waals surface area (Å²) in [6.07, 6.45) is -0.903. The molecule has 0 aliphatic carbocycles. The Morgan fingerprint density at radius 3 is 2.52 bits per heavy atom. The van der Waals surface area contributed by atoms with E-state index in [9.17, 15) is 18.0 Å². The largest absolute Gasteiger partial charge is 0.416 e. The zero-order valence-corrected chi connectivity index (χ0v) is 13.7. The minimum atomic E-state index is -4.37. The van der Waals surface area contributed by atoms with E-state index in [1.807, 2.05) is 25.3 Å². The maximum absolute atomic E-state index is 12.6. The number of nitrogens with zero attached hydrogens (tertiary/aromatic N) is 3. The molecule has 25 heavy (non-hydrogen) atoms. The minimum Gasteiger partial charge on any atom is -0.336 e. The second-order valence-electron chi connectivity index (χ2n) is 5.95. The summed E-state index contributed by atoms with van der Waals surface area (Å²) >= 11 is 0. The van der Waals surface area contributed by atoms with E-state index >= 15 is 0 Å². The van der Waals surface area contributed by atoms with Gasteiger partial charge in [0.1, 0.15) is 11.3 Å². The molecule has 1 amide bonds. The van der Waals surface area contributed by atoms with Crippen molar-refractivity contribution >= 4 is 11.6 Å². The first-order chi connectivity index (χ1) is 11.7. The van der Waals surface area contributed by atoms with Crippen LogP contribution in [-0.2, 0) is 12.7 Å². The van der Waals surface area contributed by atoms with E-state index in [0.29, 0.717) is 16.9 Å². The molecule has 0 saturated carbocycles. The number of hydrogen-bond acceptors (Lipinski definition) is 2. The molecule has 7 heteroatoms. The number of hydrogen-bond donors (Lipinski definition) is 0. The Labute approximate surface area is 142 Å². The van der Waals surface area contributed by atoms with Crippen LogP contribution in [-0.4, -0.2) is 27.2 Å². The molecule has 130 valence electrons. The molecule has 0 atom stereocenters. The number of aryl methyl sites for hydroxylation is 1. The van der Waals surface area contributed by atoms with Crippen molar-refractivity contribution in [2.45, 2.75) is 19.6 Å². The van der Waals surface area contributed by atoms with Gasteiger partial charge in [-0.05, 0) is 42.3 Å². The third kappa shape index (κ3) is 3.65. The number of fused-ring (bicyclic) bond motifs is 1. The van der Waals surface area contributed by atoms with E-state index in [2.05, 4.69) is 4.98 Å².